The van der Waals surface area contributed by atoms with Crippen molar-refractivity contribution in [3.8, 4) is 0 Å². The van der Waals surface area contributed by atoms with Crippen molar-refractivity contribution in [1.29, 1.82) is 0 Å². The molecule has 0 aromatic rings. The molecule has 1 aliphatic rings. The molecule has 0 spiro atoms. The van der Waals surface area contributed by atoms with Gasteiger partial charge in [-0.1, -0.05) is 0 Å². The van der Waals surface area contributed by atoms with E-state index in [2.05, 4.69) is 10.2 Å². The fraction of sp³-hybridized carbons (Fsp3) is 1.00. The topological polar surface area (TPSA) is 35.6 Å². The fourth-order valence-corrected chi connectivity index (χ4v) is 0.353. The Morgan fingerprint density at radius 3 is 2.57 bits per heavy atom. The predicted molar refractivity (Wildman–Crippen MR) is 19.1 cm³/mol. The van der Waals surface area contributed by atoms with Crippen molar-refractivity contribution < 1.29 is 26.8 Å². The molecule has 3 nitrogen and oxygen atoms in total. The zero-order chi connectivity index (χ0) is 4.24. The van der Waals surface area contributed by atoms with E-state index in [1.165, 1.54) is 0 Å². The first-order valence-electron chi connectivity index (χ1n) is 1.97. The first-order chi connectivity index (χ1) is 3.00. The molecule has 1 aliphatic heterocycles. The predicted octanol–water partition coefficient (Wildman–Crippen LogP) is -4.49. The minimum absolute atomic E-state index is 0. The molecule has 0 unspecified atom stereocenters. The van der Waals surface area contributed by atoms with Gasteiger partial charge in [0.05, 0.1) is 6.61 Å². The Morgan fingerprint density at radius 2 is 2.43 bits per heavy atom. The molecule has 1 heterocycles. The lowest BCUT2D eigenvalue weighted by atomic mass is 10.7. The van der Waals surface area contributed by atoms with Gasteiger partial charge in [-0.05, 0) is 5.11 Å². The van der Waals surface area contributed by atoms with E-state index in [-0.39, 0.29) is 17.0 Å². The van der Waals surface area contributed by atoms with E-state index in [0.29, 0.717) is 6.73 Å². The maximum Gasteiger partial charge on any atom is 0.269 e. The van der Waals surface area contributed by atoms with Crippen molar-refractivity contribution in [3.63, 3.8) is 0 Å². The van der Waals surface area contributed by atoms with E-state index in [1.807, 2.05) is 0 Å². The Labute approximate surface area is 52.5 Å². The van der Waals surface area contributed by atoms with E-state index in [4.69, 9.17) is 4.74 Å². The van der Waals surface area contributed by atoms with E-state index in [9.17, 15) is 0 Å². The second-order valence-electron chi connectivity index (χ2n) is 1.09. The molecule has 0 radical (unpaired) electrons. The van der Waals surface area contributed by atoms with Crippen LogP contribution in [0.2, 0.25) is 0 Å². The first kappa shape index (κ1) is 7.04. The molecule has 0 saturated heterocycles. The van der Waals surface area contributed by atoms with Crippen LogP contribution in [0.3, 0.4) is 0 Å². The van der Waals surface area contributed by atoms with Crippen LogP contribution >= 0.6 is 0 Å². The summed E-state index contributed by atoms with van der Waals surface area (Å²) < 4.78 is 4.86. The van der Waals surface area contributed by atoms with E-state index < -0.39 is 0 Å². The number of nitrogens with zero attached hydrogens (tertiary/aromatic N) is 1. The van der Waals surface area contributed by atoms with Crippen LogP contribution in [-0.2, 0) is 4.74 Å². The standard InChI is InChI=1S/C3H6N2O.BrH/c1-2-6-3-5-4-1;/h1-3H2;1H. The second-order valence-corrected chi connectivity index (χ2v) is 1.09. The van der Waals surface area contributed by atoms with Crippen LogP contribution in [0.1, 0.15) is 0 Å². The first-order valence-corrected chi connectivity index (χ1v) is 1.97. The summed E-state index contributed by atoms with van der Waals surface area (Å²) in [5.41, 5.74) is 0. The lowest BCUT2D eigenvalue weighted by Gasteiger charge is -1.93. The van der Waals surface area contributed by atoms with Crippen LogP contribution in [0, 0.1) is 0 Å². The van der Waals surface area contributed by atoms with Gasteiger partial charge in [0, 0.05) is 0 Å². The van der Waals surface area contributed by atoms with Gasteiger partial charge in [0.25, 0.3) is 6.73 Å². The smallest absolute Gasteiger partial charge is 0.269 e. The Morgan fingerprint density at radius 1 is 1.57 bits per heavy atom. The number of hydrogen-bond acceptors (Lipinski definition) is 2. The molecule has 0 aliphatic carbocycles. The van der Waals surface area contributed by atoms with Crippen LogP contribution in [0.4, 0.5) is 0 Å². The molecule has 1 rings (SSSR count). The quantitative estimate of drug-likeness (QED) is 0.388. The SMILES string of the molecule is C1COC[NH+]=N1.[Br-]. The average Bonchev–Trinajstić information content (AvgIpc) is 1.72. The molecule has 4 heteroatoms. The Bertz CT molecular complexity index is 58.0. The van der Waals surface area contributed by atoms with Gasteiger partial charge in [-0.25, -0.2) is 0 Å². The van der Waals surface area contributed by atoms with Crippen LogP contribution < -0.4 is 22.1 Å². The van der Waals surface area contributed by atoms with Gasteiger partial charge in [-0.2, -0.15) is 0 Å². The fourth-order valence-electron chi connectivity index (χ4n) is 0.353. The highest BCUT2D eigenvalue weighted by Crippen LogP contribution is 1.70. The molecule has 0 fully saturated rings. The summed E-state index contributed by atoms with van der Waals surface area (Å²) >= 11 is 0. The summed E-state index contributed by atoms with van der Waals surface area (Å²) in [5.74, 6) is 0. The third-order valence-electron chi connectivity index (χ3n) is 0.626. The molecule has 0 amide bonds. The molecular formula is C3H7BrN2O. The maximum atomic E-state index is 4.86. The molecule has 0 atom stereocenters. The van der Waals surface area contributed by atoms with Crippen molar-refractivity contribution >= 4 is 0 Å². The third kappa shape index (κ3) is 2.70. The number of ether oxygens (including phenoxy) is 1. The van der Waals surface area contributed by atoms with Crippen molar-refractivity contribution in [1.82, 2.24) is 0 Å². The highest BCUT2D eigenvalue weighted by atomic mass is 79.9. The molecule has 42 valence electrons. The third-order valence-corrected chi connectivity index (χ3v) is 0.626. The average molecular weight is 167 g/mol. The van der Waals surface area contributed by atoms with Crippen LogP contribution in [0.15, 0.2) is 5.11 Å². The van der Waals surface area contributed by atoms with Crippen LogP contribution in [0.5, 0.6) is 0 Å². The second kappa shape index (κ2) is 4.21. The lowest BCUT2D eigenvalue weighted by molar-refractivity contribution is -0.587. The zero-order valence-corrected chi connectivity index (χ0v) is 5.44. The largest absolute Gasteiger partial charge is 1.00 e. The van der Waals surface area contributed by atoms with Gasteiger partial charge >= 0.3 is 0 Å². The molecule has 0 aromatic heterocycles. The van der Waals surface area contributed by atoms with Crippen LogP contribution in [-0.4, -0.2) is 19.9 Å². The van der Waals surface area contributed by atoms with E-state index in [1.54, 1.807) is 0 Å². The van der Waals surface area contributed by atoms with Gasteiger partial charge < -0.3 is 21.7 Å². The van der Waals surface area contributed by atoms with Crippen LogP contribution in [0.25, 0.3) is 0 Å². The monoisotopic (exact) mass is 166 g/mol. The van der Waals surface area contributed by atoms with E-state index in [0.717, 1.165) is 13.2 Å². The molecule has 0 bridgehead atoms. The Balaban J connectivity index is 0.000000360. The van der Waals surface area contributed by atoms with Gasteiger partial charge in [0.15, 0.2) is 0 Å². The number of azo groups is 1. The Kier molecular flexibility index (Phi) is 4.23. The molecule has 0 aromatic carbocycles. The lowest BCUT2D eigenvalue weighted by Crippen LogP contribution is -3.00. The van der Waals surface area contributed by atoms with Crippen molar-refractivity contribution in [2.45, 2.75) is 0 Å². The highest BCUT2D eigenvalue weighted by molar-refractivity contribution is 4.29. The molecule has 7 heavy (non-hydrogen) atoms. The summed E-state index contributed by atoms with van der Waals surface area (Å²) in [7, 11) is 0. The summed E-state index contributed by atoms with van der Waals surface area (Å²) in [4.78, 5) is 0. The summed E-state index contributed by atoms with van der Waals surface area (Å²) in [6.07, 6.45) is 0. The number of nitrogens with one attached hydrogen (secondary N) is 1. The van der Waals surface area contributed by atoms with Gasteiger partial charge in [-0.15, -0.1) is 5.11 Å². The maximum absolute atomic E-state index is 4.86. The summed E-state index contributed by atoms with van der Waals surface area (Å²) in [6, 6.07) is 0. The summed E-state index contributed by atoms with van der Waals surface area (Å²) in [6.45, 7) is 2.15. The van der Waals surface area contributed by atoms with E-state index >= 15 is 0 Å². The van der Waals surface area contributed by atoms with Gasteiger partial charge in [0.2, 0.25) is 0 Å². The number of rotatable bonds is 0. The molecular weight excluding hydrogens is 160 g/mol. The Hall–Kier alpha value is 0.0400. The van der Waals surface area contributed by atoms with Crippen molar-refractivity contribution in [2.24, 2.45) is 5.11 Å². The molecule has 0 saturated carbocycles. The highest BCUT2D eigenvalue weighted by Gasteiger charge is 1.93. The van der Waals surface area contributed by atoms with Gasteiger partial charge in [0.1, 0.15) is 6.54 Å². The normalized spacial score (nSPS) is 18.3. The summed E-state index contributed by atoms with van der Waals surface area (Å²) in [5, 5.41) is 6.49. The minimum Gasteiger partial charge on any atom is -1.00 e. The van der Waals surface area contributed by atoms with Gasteiger partial charge in [-0.3, -0.25) is 0 Å². The number of hydrogen-bond donors (Lipinski definition) is 1. The number of halogens is 1. The van der Waals surface area contributed by atoms with Crippen molar-refractivity contribution in [2.75, 3.05) is 19.9 Å². The zero-order valence-electron chi connectivity index (χ0n) is 3.85. The van der Waals surface area contributed by atoms with Crippen molar-refractivity contribution in [3.05, 3.63) is 0 Å². The minimum atomic E-state index is 0. The molecule has 1 N–H and O–H groups in total.